The molecule has 4 heteroatoms. The standard InChI is InChI=1S/C14H19N3O/c1-3-9-14(10-11-7-5-4-6-8-11)12(18)17(2)13(15)16-14/h4-8H,3,9-10H2,1-2H3,(H2,15,16)/t14-/m0/s1. The first-order valence-electron chi connectivity index (χ1n) is 6.26. The van der Waals surface area contributed by atoms with Gasteiger partial charge in [-0.15, -0.1) is 0 Å². The Kier molecular flexibility index (Phi) is 3.36. The van der Waals surface area contributed by atoms with E-state index in [0.717, 1.165) is 18.4 Å². The zero-order valence-electron chi connectivity index (χ0n) is 10.9. The van der Waals surface area contributed by atoms with Crippen LogP contribution in [0.25, 0.3) is 0 Å². The molecule has 0 unspecified atom stereocenters. The predicted molar refractivity (Wildman–Crippen MR) is 72.2 cm³/mol. The molecule has 0 saturated carbocycles. The summed E-state index contributed by atoms with van der Waals surface area (Å²) in [6, 6.07) is 9.97. The molecule has 18 heavy (non-hydrogen) atoms. The van der Waals surface area contributed by atoms with Gasteiger partial charge in [0.15, 0.2) is 5.96 Å². The Hall–Kier alpha value is -1.84. The van der Waals surface area contributed by atoms with Gasteiger partial charge in [0.1, 0.15) is 5.54 Å². The summed E-state index contributed by atoms with van der Waals surface area (Å²) in [4.78, 5) is 18.3. The van der Waals surface area contributed by atoms with Gasteiger partial charge in [-0.3, -0.25) is 9.69 Å². The number of nitrogens with two attached hydrogens (primary N) is 1. The maximum atomic E-state index is 12.4. The zero-order chi connectivity index (χ0) is 13.2. The Morgan fingerprint density at radius 1 is 1.33 bits per heavy atom. The van der Waals surface area contributed by atoms with Gasteiger partial charge in [-0.25, -0.2) is 4.99 Å². The molecule has 0 spiro atoms. The highest BCUT2D eigenvalue weighted by Crippen LogP contribution is 2.30. The van der Waals surface area contributed by atoms with Crippen LogP contribution in [0.1, 0.15) is 25.3 Å². The monoisotopic (exact) mass is 245 g/mol. The Labute approximate surface area is 108 Å². The second kappa shape index (κ2) is 4.80. The van der Waals surface area contributed by atoms with Crippen molar-refractivity contribution in [3.05, 3.63) is 35.9 Å². The van der Waals surface area contributed by atoms with Gasteiger partial charge in [0.05, 0.1) is 0 Å². The molecule has 4 nitrogen and oxygen atoms in total. The van der Waals surface area contributed by atoms with Crippen LogP contribution in [-0.4, -0.2) is 29.4 Å². The Morgan fingerprint density at radius 3 is 2.50 bits per heavy atom. The molecule has 1 heterocycles. The van der Waals surface area contributed by atoms with Crippen LogP contribution >= 0.6 is 0 Å². The molecule has 1 aliphatic rings. The molecule has 1 amide bonds. The van der Waals surface area contributed by atoms with Crippen molar-refractivity contribution in [2.75, 3.05) is 7.05 Å². The van der Waals surface area contributed by atoms with Crippen LogP contribution in [0, 0.1) is 0 Å². The quantitative estimate of drug-likeness (QED) is 0.875. The molecule has 96 valence electrons. The normalized spacial score (nSPS) is 23.3. The van der Waals surface area contributed by atoms with Crippen LogP contribution in [0.4, 0.5) is 0 Å². The fraction of sp³-hybridized carbons (Fsp3) is 0.429. The smallest absolute Gasteiger partial charge is 0.257 e. The Balaban J connectivity index is 2.32. The highest BCUT2D eigenvalue weighted by atomic mass is 16.2. The number of hydrogen-bond acceptors (Lipinski definition) is 3. The lowest BCUT2D eigenvalue weighted by atomic mass is 9.86. The topological polar surface area (TPSA) is 58.7 Å². The average Bonchev–Trinajstić information content (AvgIpc) is 2.56. The van der Waals surface area contributed by atoms with Crippen molar-refractivity contribution in [3.8, 4) is 0 Å². The van der Waals surface area contributed by atoms with Gasteiger partial charge in [0.25, 0.3) is 5.91 Å². The number of carbonyl (C=O) groups excluding carboxylic acids is 1. The van der Waals surface area contributed by atoms with Gasteiger partial charge in [-0.05, 0) is 12.0 Å². The van der Waals surface area contributed by atoms with E-state index in [1.54, 1.807) is 7.05 Å². The van der Waals surface area contributed by atoms with Crippen molar-refractivity contribution in [2.24, 2.45) is 10.7 Å². The minimum atomic E-state index is -0.699. The van der Waals surface area contributed by atoms with Gasteiger partial charge in [0.2, 0.25) is 0 Å². The molecule has 1 aromatic rings. The molecule has 0 aromatic heterocycles. The SMILES string of the molecule is CCC[C@@]1(Cc2ccccc2)N=C(N)N(C)C1=O. The van der Waals surface area contributed by atoms with E-state index in [1.807, 2.05) is 30.3 Å². The zero-order valence-corrected chi connectivity index (χ0v) is 10.9. The van der Waals surface area contributed by atoms with E-state index < -0.39 is 5.54 Å². The molecule has 0 saturated heterocycles. The average molecular weight is 245 g/mol. The molecule has 2 N–H and O–H groups in total. The second-order valence-electron chi connectivity index (χ2n) is 4.78. The third kappa shape index (κ3) is 2.10. The lowest BCUT2D eigenvalue weighted by molar-refractivity contribution is -0.130. The maximum Gasteiger partial charge on any atom is 0.257 e. The van der Waals surface area contributed by atoms with E-state index >= 15 is 0 Å². The molecular weight excluding hydrogens is 226 g/mol. The summed E-state index contributed by atoms with van der Waals surface area (Å²) in [7, 11) is 1.68. The van der Waals surface area contributed by atoms with E-state index in [1.165, 1.54) is 4.90 Å². The lowest BCUT2D eigenvalue weighted by Gasteiger charge is -2.24. The number of aliphatic imine (C=N–C) groups is 1. The first kappa shape index (κ1) is 12.6. The molecule has 0 radical (unpaired) electrons. The molecular formula is C14H19N3O. The second-order valence-corrected chi connectivity index (χ2v) is 4.78. The summed E-state index contributed by atoms with van der Waals surface area (Å²) in [5.74, 6) is 0.329. The van der Waals surface area contributed by atoms with Crippen molar-refractivity contribution < 1.29 is 4.79 Å². The van der Waals surface area contributed by atoms with Crippen molar-refractivity contribution in [1.29, 1.82) is 0 Å². The highest BCUT2D eigenvalue weighted by Gasteiger charge is 2.45. The molecule has 1 aromatic carbocycles. The number of nitrogens with zero attached hydrogens (tertiary/aromatic N) is 2. The third-order valence-electron chi connectivity index (χ3n) is 3.38. The summed E-state index contributed by atoms with van der Waals surface area (Å²) in [5.41, 5.74) is 6.20. The highest BCUT2D eigenvalue weighted by molar-refractivity contribution is 6.06. The van der Waals surface area contributed by atoms with Crippen LogP contribution < -0.4 is 5.73 Å². The number of guanidine groups is 1. The van der Waals surface area contributed by atoms with Crippen LogP contribution in [0.15, 0.2) is 35.3 Å². The van der Waals surface area contributed by atoms with Crippen LogP contribution in [-0.2, 0) is 11.2 Å². The molecule has 2 rings (SSSR count). The fourth-order valence-corrected chi connectivity index (χ4v) is 2.47. The van der Waals surface area contributed by atoms with Crippen molar-refractivity contribution in [1.82, 2.24) is 4.90 Å². The number of likely N-dealkylation sites (N-methyl/N-ethyl adjacent to an activating group) is 1. The third-order valence-corrected chi connectivity index (χ3v) is 3.38. The predicted octanol–water partition coefficient (Wildman–Crippen LogP) is 1.55. The summed E-state index contributed by atoms with van der Waals surface area (Å²) in [6.45, 7) is 2.06. The first-order chi connectivity index (χ1) is 8.59. The lowest BCUT2D eigenvalue weighted by Crippen LogP contribution is -2.43. The summed E-state index contributed by atoms with van der Waals surface area (Å²) < 4.78 is 0. The molecule has 0 bridgehead atoms. The van der Waals surface area contributed by atoms with Gasteiger partial charge in [-0.1, -0.05) is 43.7 Å². The molecule has 1 aliphatic heterocycles. The Bertz CT molecular complexity index is 469. The summed E-state index contributed by atoms with van der Waals surface area (Å²) in [5, 5.41) is 0. The molecule has 0 fully saturated rings. The van der Waals surface area contributed by atoms with Gasteiger partial charge in [0, 0.05) is 13.5 Å². The van der Waals surface area contributed by atoms with Gasteiger partial charge >= 0.3 is 0 Å². The summed E-state index contributed by atoms with van der Waals surface area (Å²) >= 11 is 0. The minimum absolute atomic E-state index is 0.00528. The number of rotatable bonds is 4. The largest absolute Gasteiger partial charge is 0.369 e. The molecule has 0 aliphatic carbocycles. The van der Waals surface area contributed by atoms with Crippen molar-refractivity contribution >= 4 is 11.9 Å². The van der Waals surface area contributed by atoms with E-state index in [-0.39, 0.29) is 5.91 Å². The minimum Gasteiger partial charge on any atom is -0.369 e. The number of amides is 1. The van der Waals surface area contributed by atoms with E-state index in [2.05, 4.69) is 11.9 Å². The van der Waals surface area contributed by atoms with E-state index in [9.17, 15) is 4.79 Å². The van der Waals surface area contributed by atoms with E-state index in [0.29, 0.717) is 12.4 Å². The maximum absolute atomic E-state index is 12.4. The van der Waals surface area contributed by atoms with Crippen LogP contribution in [0.3, 0.4) is 0 Å². The van der Waals surface area contributed by atoms with Crippen LogP contribution in [0.2, 0.25) is 0 Å². The summed E-state index contributed by atoms with van der Waals surface area (Å²) in [6.07, 6.45) is 2.25. The van der Waals surface area contributed by atoms with Gasteiger partial charge in [-0.2, -0.15) is 0 Å². The van der Waals surface area contributed by atoms with E-state index in [4.69, 9.17) is 5.73 Å². The first-order valence-corrected chi connectivity index (χ1v) is 6.26. The van der Waals surface area contributed by atoms with Crippen LogP contribution in [0.5, 0.6) is 0 Å². The van der Waals surface area contributed by atoms with Crippen molar-refractivity contribution in [3.63, 3.8) is 0 Å². The molecule has 1 atom stereocenters. The Morgan fingerprint density at radius 2 is 2.00 bits per heavy atom. The van der Waals surface area contributed by atoms with Gasteiger partial charge < -0.3 is 5.73 Å². The van der Waals surface area contributed by atoms with Crippen molar-refractivity contribution in [2.45, 2.75) is 31.7 Å². The number of benzene rings is 1. The number of carbonyl (C=O) groups is 1. The fourth-order valence-electron chi connectivity index (χ4n) is 2.47. The number of hydrogen-bond donors (Lipinski definition) is 1.